The van der Waals surface area contributed by atoms with Gasteiger partial charge in [0.05, 0.1) is 24.7 Å². The summed E-state index contributed by atoms with van der Waals surface area (Å²) in [6.07, 6.45) is 0. The Balaban J connectivity index is 1.78. The largest absolute Gasteiger partial charge is 0.493 e. The van der Waals surface area contributed by atoms with Crippen LogP contribution in [-0.2, 0) is 11.3 Å². The van der Waals surface area contributed by atoms with Gasteiger partial charge in [-0.1, -0.05) is 0 Å². The van der Waals surface area contributed by atoms with E-state index in [9.17, 15) is 9.59 Å². The van der Waals surface area contributed by atoms with E-state index in [4.69, 9.17) is 14.2 Å². The second-order valence-corrected chi connectivity index (χ2v) is 7.05. The van der Waals surface area contributed by atoms with Gasteiger partial charge in [-0.3, -0.25) is 4.79 Å². The van der Waals surface area contributed by atoms with Gasteiger partial charge < -0.3 is 19.2 Å². The van der Waals surface area contributed by atoms with Crippen LogP contribution in [0.5, 0.6) is 11.5 Å². The molecule has 0 atom stereocenters. The molecule has 3 rings (SSSR count). The van der Waals surface area contributed by atoms with Gasteiger partial charge in [0.1, 0.15) is 17.3 Å². The fourth-order valence-corrected chi connectivity index (χ4v) is 3.70. The van der Waals surface area contributed by atoms with Crippen molar-refractivity contribution < 1.29 is 19.0 Å². The number of aryl methyl sites for hydroxylation is 2. The Morgan fingerprint density at radius 1 is 1.26 bits per heavy atom. The van der Waals surface area contributed by atoms with E-state index in [0.29, 0.717) is 39.7 Å². The molecule has 1 N–H and O–H groups in total. The van der Waals surface area contributed by atoms with Crippen molar-refractivity contribution in [1.29, 1.82) is 0 Å². The van der Waals surface area contributed by atoms with E-state index in [1.165, 1.54) is 18.4 Å². The van der Waals surface area contributed by atoms with Crippen LogP contribution in [0.4, 0.5) is 0 Å². The lowest BCUT2D eigenvalue weighted by molar-refractivity contribution is 0.0462. The maximum atomic E-state index is 12.3. The van der Waals surface area contributed by atoms with Crippen molar-refractivity contribution in [3.63, 3.8) is 0 Å². The Morgan fingerprint density at radius 3 is 2.74 bits per heavy atom. The highest BCUT2D eigenvalue weighted by Crippen LogP contribution is 2.28. The first kappa shape index (κ1) is 18.9. The third kappa shape index (κ3) is 3.80. The Labute approximate surface area is 159 Å². The van der Waals surface area contributed by atoms with Crippen LogP contribution in [0.25, 0.3) is 10.2 Å². The van der Waals surface area contributed by atoms with E-state index in [2.05, 4.69) is 9.97 Å². The Hall–Kier alpha value is -2.87. The van der Waals surface area contributed by atoms with Crippen molar-refractivity contribution in [3.8, 4) is 11.5 Å². The van der Waals surface area contributed by atoms with E-state index in [1.54, 1.807) is 18.2 Å². The van der Waals surface area contributed by atoms with E-state index in [0.717, 1.165) is 10.4 Å². The van der Waals surface area contributed by atoms with E-state index in [1.807, 2.05) is 20.8 Å². The third-order valence-electron chi connectivity index (χ3n) is 4.13. The van der Waals surface area contributed by atoms with Crippen molar-refractivity contribution >= 4 is 27.5 Å². The van der Waals surface area contributed by atoms with Gasteiger partial charge in [0.25, 0.3) is 5.56 Å². The number of thiophene rings is 1. The van der Waals surface area contributed by atoms with Crippen LogP contribution in [0.15, 0.2) is 23.0 Å². The number of nitrogens with zero attached hydrogens (tertiary/aromatic N) is 1. The van der Waals surface area contributed by atoms with Gasteiger partial charge in [-0.25, -0.2) is 9.78 Å². The van der Waals surface area contributed by atoms with Gasteiger partial charge >= 0.3 is 5.97 Å². The SMILES string of the molecule is CCOc1ccc(C(=O)OCc2nc3sc(C)c(C)c3c(=O)[nH]2)cc1OC. The summed E-state index contributed by atoms with van der Waals surface area (Å²) in [5.74, 6) is 0.762. The maximum Gasteiger partial charge on any atom is 0.338 e. The first-order chi connectivity index (χ1) is 12.9. The number of aromatic nitrogens is 2. The number of carbonyl (C=O) groups is 1. The first-order valence-corrected chi connectivity index (χ1v) is 9.23. The zero-order chi connectivity index (χ0) is 19.6. The molecule has 0 amide bonds. The molecule has 2 aromatic heterocycles. The highest BCUT2D eigenvalue weighted by Gasteiger charge is 2.15. The summed E-state index contributed by atoms with van der Waals surface area (Å²) in [6, 6.07) is 4.81. The quantitative estimate of drug-likeness (QED) is 0.651. The van der Waals surface area contributed by atoms with Crippen molar-refractivity contribution in [3.05, 3.63) is 50.4 Å². The second-order valence-electron chi connectivity index (χ2n) is 5.85. The predicted molar refractivity (Wildman–Crippen MR) is 103 cm³/mol. The molecule has 0 saturated heterocycles. The monoisotopic (exact) mass is 388 g/mol. The molecule has 0 bridgehead atoms. The van der Waals surface area contributed by atoms with Gasteiger partial charge in [-0.05, 0) is 44.5 Å². The van der Waals surface area contributed by atoms with Crippen molar-refractivity contribution in [2.75, 3.05) is 13.7 Å². The van der Waals surface area contributed by atoms with Gasteiger partial charge in [0, 0.05) is 4.88 Å². The molecule has 0 aliphatic rings. The molecule has 8 heteroatoms. The lowest BCUT2D eigenvalue weighted by Gasteiger charge is -2.10. The fourth-order valence-electron chi connectivity index (χ4n) is 2.65. The minimum Gasteiger partial charge on any atom is -0.493 e. The van der Waals surface area contributed by atoms with Crippen molar-refractivity contribution in [2.24, 2.45) is 0 Å². The van der Waals surface area contributed by atoms with Crippen LogP contribution in [-0.4, -0.2) is 29.7 Å². The topological polar surface area (TPSA) is 90.5 Å². The summed E-state index contributed by atoms with van der Waals surface area (Å²) in [7, 11) is 1.50. The van der Waals surface area contributed by atoms with E-state index < -0.39 is 5.97 Å². The molecule has 0 saturated carbocycles. The summed E-state index contributed by atoms with van der Waals surface area (Å²) in [6.45, 7) is 6.06. The molecule has 1 aromatic carbocycles. The predicted octanol–water partition coefficient (Wildman–Crippen LogP) is 3.37. The summed E-state index contributed by atoms with van der Waals surface area (Å²) in [5.41, 5.74) is 1.02. The number of H-pyrrole nitrogens is 1. The third-order valence-corrected chi connectivity index (χ3v) is 5.23. The smallest absolute Gasteiger partial charge is 0.338 e. The average molecular weight is 388 g/mol. The van der Waals surface area contributed by atoms with Crippen molar-refractivity contribution in [1.82, 2.24) is 9.97 Å². The molecule has 0 fully saturated rings. The lowest BCUT2D eigenvalue weighted by atomic mass is 10.2. The van der Waals surface area contributed by atoms with E-state index in [-0.39, 0.29) is 12.2 Å². The number of benzene rings is 1. The summed E-state index contributed by atoms with van der Waals surface area (Å²) >= 11 is 1.45. The van der Waals surface area contributed by atoms with Crippen LogP contribution in [0.1, 0.15) is 33.5 Å². The molecule has 0 radical (unpaired) electrons. The zero-order valence-electron chi connectivity index (χ0n) is 15.5. The molecular weight excluding hydrogens is 368 g/mol. The number of nitrogens with one attached hydrogen (secondary N) is 1. The van der Waals surface area contributed by atoms with Gasteiger partial charge in [0.2, 0.25) is 0 Å². The number of methoxy groups -OCH3 is 1. The second kappa shape index (κ2) is 7.79. The van der Waals surface area contributed by atoms with Crippen LogP contribution < -0.4 is 15.0 Å². The number of aromatic amines is 1. The van der Waals surface area contributed by atoms with Crippen LogP contribution in [0.3, 0.4) is 0 Å². The molecule has 0 aliphatic carbocycles. The Morgan fingerprint density at radius 2 is 2.04 bits per heavy atom. The maximum absolute atomic E-state index is 12.3. The van der Waals surface area contributed by atoms with Gasteiger partial charge in [0.15, 0.2) is 11.5 Å². The Bertz CT molecular complexity index is 1050. The fraction of sp³-hybridized carbons (Fsp3) is 0.316. The summed E-state index contributed by atoms with van der Waals surface area (Å²) in [5, 5.41) is 0.587. The molecule has 27 heavy (non-hydrogen) atoms. The molecule has 0 unspecified atom stereocenters. The number of fused-ring (bicyclic) bond motifs is 1. The minimum atomic E-state index is -0.544. The molecule has 0 spiro atoms. The molecule has 7 nitrogen and oxygen atoms in total. The number of ether oxygens (including phenoxy) is 3. The summed E-state index contributed by atoms with van der Waals surface area (Å²) in [4.78, 5) is 33.4. The van der Waals surface area contributed by atoms with Crippen LogP contribution in [0.2, 0.25) is 0 Å². The molecular formula is C19H20N2O5S. The number of hydrogen-bond acceptors (Lipinski definition) is 7. The molecule has 0 aliphatic heterocycles. The van der Waals surface area contributed by atoms with Crippen molar-refractivity contribution in [2.45, 2.75) is 27.4 Å². The summed E-state index contributed by atoms with van der Waals surface area (Å²) < 4.78 is 16.0. The van der Waals surface area contributed by atoms with E-state index >= 15 is 0 Å². The number of carbonyl (C=O) groups excluding carboxylic acids is 1. The lowest BCUT2D eigenvalue weighted by Crippen LogP contribution is -2.14. The first-order valence-electron chi connectivity index (χ1n) is 8.41. The van der Waals surface area contributed by atoms with Crippen LogP contribution in [0, 0.1) is 13.8 Å². The minimum absolute atomic E-state index is 0.129. The number of hydrogen-bond donors (Lipinski definition) is 1. The van der Waals surface area contributed by atoms with Gasteiger partial charge in [-0.15, -0.1) is 11.3 Å². The highest BCUT2D eigenvalue weighted by molar-refractivity contribution is 7.18. The average Bonchev–Trinajstić information content (AvgIpc) is 2.94. The zero-order valence-corrected chi connectivity index (χ0v) is 16.4. The molecule has 142 valence electrons. The number of esters is 1. The number of rotatable bonds is 6. The van der Waals surface area contributed by atoms with Crippen LogP contribution >= 0.6 is 11.3 Å². The molecule has 3 aromatic rings. The highest BCUT2D eigenvalue weighted by atomic mass is 32.1. The normalized spacial score (nSPS) is 10.8. The standard InChI is InChI=1S/C19H20N2O5S/c1-5-25-13-7-6-12(8-14(13)24-4)19(23)26-9-15-20-17(22)16-10(2)11(3)27-18(16)21-15/h6-8H,5,9H2,1-4H3,(H,20,21,22). The Kier molecular flexibility index (Phi) is 5.46. The van der Waals surface area contributed by atoms with Gasteiger partial charge in [-0.2, -0.15) is 0 Å². The molecule has 2 heterocycles.